The van der Waals surface area contributed by atoms with Crippen LogP contribution in [0.3, 0.4) is 0 Å². The number of hydrogen-bond acceptors (Lipinski definition) is 4. The van der Waals surface area contributed by atoms with Crippen molar-refractivity contribution >= 4 is 11.6 Å². The fourth-order valence-corrected chi connectivity index (χ4v) is 2.27. The Kier molecular flexibility index (Phi) is 3.96. The van der Waals surface area contributed by atoms with Crippen molar-refractivity contribution in [3.63, 3.8) is 0 Å². The zero-order valence-electron chi connectivity index (χ0n) is 9.37. The second kappa shape index (κ2) is 5.46. The Balaban J connectivity index is 2.01. The maximum absolute atomic E-state index is 6.00. The van der Waals surface area contributed by atoms with Crippen LogP contribution in [0, 0.1) is 5.92 Å². The quantitative estimate of drug-likeness (QED) is 0.875. The monoisotopic (exact) mass is 241 g/mol. The van der Waals surface area contributed by atoms with E-state index in [1.54, 1.807) is 7.11 Å². The molecule has 1 aliphatic heterocycles. The third-order valence-corrected chi connectivity index (χ3v) is 3.13. The lowest BCUT2D eigenvalue weighted by Crippen LogP contribution is -2.31. The van der Waals surface area contributed by atoms with E-state index in [0.29, 0.717) is 16.8 Å². The number of nitrogens with zero attached hydrogens (tertiary/aromatic N) is 2. The number of hydrogen-bond donors (Lipinski definition) is 1. The molecule has 1 aromatic heterocycles. The van der Waals surface area contributed by atoms with Crippen LogP contribution in [0.25, 0.3) is 0 Å². The average molecular weight is 242 g/mol. The van der Waals surface area contributed by atoms with Gasteiger partial charge in [0.2, 0.25) is 0 Å². The van der Waals surface area contributed by atoms with Gasteiger partial charge < -0.3 is 10.1 Å². The average Bonchev–Trinajstić information content (AvgIpc) is 2.31. The minimum Gasteiger partial charge on any atom is -0.479 e. The Morgan fingerprint density at radius 1 is 1.56 bits per heavy atom. The highest BCUT2D eigenvalue weighted by molar-refractivity contribution is 6.31. The molecular weight excluding hydrogens is 226 g/mol. The van der Waals surface area contributed by atoms with Gasteiger partial charge in [0.15, 0.2) is 0 Å². The molecule has 1 unspecified atom stereocenters. The Bertz CT molecular complexity index is 353. The second-order valence-corrected chi connectivity index (χ2v) is 4.52. The lowest BCUT2D eigenvalue weighted by Gasteiger charge is -2.22. The zero-order valence-corrected chi connectivity index (χ0v) is 10.1. The molecule has 0 bridgehead atoms. The van der Waals surface area contributed by atoms with Gasteiger partial charge in [-0.25, -0.2) is 0 Å². The summed E-state index contributed by atoms with van der Waals surface area (Å²) in [6, 6.07) is 1.85. The molecule has 1 atom stereocenters. The van der Waals surface area contributed by atoms with Gasteiger partial charge in [0.05, 0.1) is 12.8 Å². The van der Waals surface area contributed by atoms with Crippen molar-refractivity contribution in [3.05, 3.63) is 16.8 Å². The van der Waals surface area contributed by atoms with Crippen LogP contribution in [0.5, 0.6) is 5.88 Å². The van der Waals surface area contributed by atoms with Crippen LogP contribution in [-0.2, 0) is 6.42 Å². The number of nitrogens with one attached hydrogen (secondary N) is 1. The summed E-state index contributed by atoms with van der Waals surface area (Å²) >= 11 is 6.00. The van der Waals surface area contributed by atoms with E-state index in [-0.39, 0.29) is 0 Å². The molecule has 0 aliphatic carbocycles. The molecule has 1 saturated heterocycles. The van der Waals surface area contributed by atoms with Gasteiger partial charge in [-0.05, 0) is 44.3 Å². The normalized spacial score (nSPS) is 20.8. The van der Waals surface area contributed by atoms with E-state index in [9.17, 15) is 0 Å². The Morgan fingerprint density at radius 2 is 2.44 bits per heavy atom. The molecule has 4 nitrogen and oxygen atoms in total. The molecule has 0 spiro atoms. The summed E-state index contributed by atoms with van der Waals surface area (Å²) in [6.07, 6.45) is 3.42. The Labute approximate surface area is 100 Å². The van der Waals surface area contributed by atoms with Crippen LogP contribution < -0.4 is 10.1 Å². The molecule has 0 amide bonds. The first-order chi connectivity index (χ1) is 7.79. The molecule has 0 radical (unpaired) electrons. The summed E-state index contributed by atoms with van der Waals surface area (Å²) in [5.41, 5.74) is 0.944. The molecule has 1 aromatic rings. The standard InChI is InChI=1S/C11H16ClN3O/c1-16-11-10(12)6-9(14-15-11)5-8-3-2-4-13-7-8/h6,8,13H,2-5,7H2,1H3. The number of halogens is 1. The van der Waals surface area contributed by atoms with E-state index in [4.69, 9.17) is 16.3 Å². The van der Waals surface area contributed by atoms with Crippen LogP contribution in [-0.4, -0.2) is 30.4 Å². The van der Waals surface area contributed by atoms with Crippen molar-refractivity contribution in [1.29, 1.82) is 0 Å². The van der Waals surface area contributed by atoms with Crippen LogP contribution >= 0.6 is 11.6 Å². The van der Waals surface area contributed by atoms with Crippen molar-refractivity contribution < 1.29 is 4.74 Å². The molecule has 88 valence electrons. The topological polar surface area (TPSA) is 47.0 Å². The van der Waals surface area contributed by atoms with Gasteiger partial charge in [0, 0.05) is 0 Å². The van der Waals surface area contributed by atoms with E-state index < -0.39 is 0 Å². The maximum Gasteiger partial charge on any atom is 0.252 e. The first-order valence-corrected chi connectivity index (χ1v) is 5.94. The van der Waals surface area contributed by atoms with Crippen molar-refractivity contribution in [2.45, 2.75) is 19.3 Å². The van der Waals surface area contributed by atoms with Crippen LogP contribution in [0.15, 0.2) is 6.07 Å². The Hall–Kier alpha value is -0.870. The van der Waals surface area contributed by atoms with Crippen molar-refractivity contribution in [3.8, 4) is 5.88 Å². The fraction of sp³-hybridized carbons (Fsp3) is 0.636. The number of rotatable bonds is 3. The third kappa shape index (κ3) is 2.83. The molecule has 1 N–H and O–H groups in total. The lowest BCUT2D eigenvalue weighted by molar-refractivity contribution is 0.368. The summed E-state index contributed by atoms with van der Waals surface area (Å²) in [5, 5.41) is 12.0. The molecule has 5 heteroatoms. The van der Waals surface area contributed by atoms with Crippen molar-refractivity contribution in [2.75, 3.05) is 20.2 Å². The van der Waals surface area contributed by atoms with Gasteiger partial charge in [-0.3, -0.25) is 0 Å². The molecule has 2 heterocycles. The molecule has 1 fully saturated rings. The number of ether oxygens (including phenoxy) is 1. The predicted octanol–water partition coefficient (Wildman–Crippen LogP) is 1.68. The minimum atomic E-state index is 0.396. The van der Waals surface area contributed by atoms with E-state index >= 15 is 0 Å². The summed E-state index contributed by atoms with van der Waals surface area (Å²) in [4.78, 5) is 0. The van der Waals surface area contributed by atoms with Gasteiger partial charge in [-0.15, -0.1) is 5.10 Å². The van der Waals surface area contributed by atoms with Crippen molar-refractivity contribution in [1.82, 2.24) is 15.5 Å². The largest absolute Gasteiger partial charge is 0.479 e. The first-order valence-electron chi connectivity index (χ1n) is 5.56. The highest BCUT2D eigenvalue weighted by Gasteiger charge is 2.15. The predicted molar refractivity (Wildman–Crippen MR) is 62.9 cm³/mol. The SMILES string of the molecule is COc1nnc(CC2CCCNC2)cc1Cl. The molecular formula is C11H16ClN3O. The summed E-state index contributed by atoms with van der Waals surface area (Å²) in [5.74, 6) is 1.04. The Morgan fingerprint density at radius 3 is 3.06 bits per heavy atom. The number of methoxy groups -OCH3 is 1. The number of piperidine rings is 1. The highest BCUT2D eigenvalue weighted by Crippen LogP contribution is 2.22. The second-order valence-electron chi connectivity index (χ2n) is 4.11. The van der Waals surface area contributed by atoms with Crippen molar-refractivity contribution in [2.24, 2.45) is 5.92 Å². The number of aromatic nitrogens is 2. The van der Waals surface area contributed by atoms with Gasteiger partial charge in [0.1, 0.15) is 5.02 Å². The van der Waals surface area contributed by atoms with E-state index in [1.165, 1.54) is 12.8 Å². The van der Waals surface area contributed by atoms with Crippen LogP contribution in [0.1, 0.15) is 18.5 Å². The minimum absolute atomic E-state index is 0.396. The van der Waals surface area contributed by atoms with E-state index in [0.717, 1.165) is 25.2 Å². The molecule has 16 heavy (non-hydrogen) atoms. The fourth-order valence-electron chi connectivity index (χ4n) is 2.03. The van der Waals surface area contributed by atoms with Gasteiger partial charge in [0.25, 0.3) is 5.88 Å². The molecule has 0 aromatic carbocycles. The summed E-state index contributed by atoms with van der Waals surface area (Å²) in [6.45, 7) is 2.19. The first kappa shape index (κ1) is 11.6. The van der Waals surface area contributed by atoms with E-state index in [1.807, 2.05) is 6.07 Å². The smallest absolute Gasteiger partial charge is 0.252 e. The van der Waals surface area contributed by atoms with Gasteiger partial charge >= 0.3 is 0 Å². The van der Waals surface area contributed by atoms with Gasteiger partial charge in [-0.2, -0.15) is 5.10 Å². The molecule has 0 saturated carbocycles. The highest BCUT2D eigenvalue weighted by atomic mass is 35.5. The summed E-state index contributed by atoms with van der Waals surface area (Å²) < 4.78 is 4.97. The van der Waals surface area contributed by atoms with Crippen LogP contribution in [0.2, 0.25) is 5.02 Å². The third-order valence-electron chi connectivity index (χ3n) is 2.86. The molecule has 2 rings (SSSR count). The molecule has 1 aliphatic rings. The van der Waals surface area contributed by atoms with E-state index in [2.05, 4.69) is 15.5 Å². The maximum atomic E-state index is 6.00. The van der Waals surface area contributed by atoms with Gasteiger partial charge in [-0.1, -0.05) is 11.6 Å². The lowest BCUT2D eigenvalue weighted by atomic mass is 9.95. The van der Waals surface area contributed by atoms with Crippen LogP contribution in [0.4, 0.5) is 0 Å². The summed E-state index contributed by atoms with van der Waals surface area (Å²) in [7, 11) is 1.54. The zero-order chi connectivity index (χ0) is 11.4.